The Kier molecular flexibility index (Phi) is 7.18. The van der Waals surface area contributed by atoms with Crippen LogP contribution < -0.4 is 25.1 Å². The first-order valence-electron chi connectivity index (χ1n) is 7.50. The van der Waals surface area contributed by atoms with Gasteiger partial charge in [-0.1, -0.05) is 23.7 Å². The van der Waals surface area contributed by atoms with Crippen molar-refractivity contribution in [3.05, 3.63) is 53.1 Å². The minimum absolute atomic E-state index is 0.0563. The SMILES string of the molecule is COc1cc(C(=O)NNC(=O)COc2ccccc2Cl)ccc1OC(F)F. The highest BCUT2D eigenvalue weighted by atomic mass is 35.5. The third-order valence-electron chi connectivity index (χ3n) is 3.15. The fourth-order valence-electron chi connectivity index (χ4n) is 1.94. The monoisotopic (exact) mass is 400 g/mol. The summed E-state index contributed by atoms with van der Waals surface area (Å²) < 4.78 is 39.0. The topological polar surface area (TPSA) is 85.9 Å². The van der Waals surface area contributed by atoms with Crippen LogP contribution in [0.15, 0.2) is 42.5 Å². The zero-order valence-electron chi connectivity index (χ0n) is 14.0. The van der Waals surface area contributed by atoms with E-state index in [-0.39, 0.29) is 23.7 Å². The lowest BCUT2D eigenvalue weighted by atomic mass is 10.2. The largest absolute Gasteiger partial charge is 0.493 e. The molecule has 2 aromatic carbocycles. The Morgan fingerprint density at radius 1 is 1.07 bits per heavy atom. The second-order valence-electron chi connectivity index (χ2n) is 4.97. The van der Waals surface area contributed by atoms with Crippen LogP contribution >= 0.6 is 11.6 Å². The minimum Gasteiger partial charge on any atom is -0.493 e. The molecule has 0 saturated carbocycles. The molecule has 2 rings (SSSR count). The van der Waals surface area contributed by atoms with Gasteiger partial charge >= 0.3 is 6.61 Å². The first kappa shape index (κ1) is 20.2. The number of alkyl halides is 2. The lowest BCUT2D eigenvalue weighted by Crippen LogP contribution is -2.43. The predicted molar refractivity (Wildman–Crippen MR) is 92.2 cm³/mol. The van der Waals surface area contributed by atoms with Gasteiger partial charge in [0.05, 0.1) is 12.1 Å². The normalized spacial score (nSPS) is 10.3. The van der Waals surface area contributed by atoms with Gasteiger partial charge in [-0.25, -0.2) is 0 Å². The number of amides is 2. The lowest BCUT2D eigenvalue weighted by molar-refractivity contribution is -0.123. The Balaban J connectivity index is 1.89. The summed E-state index contributed by atoms with van der Waals surface area (Å²) in [7, 11) is 1.24. The zero-order chi connectivity index (χ0) is 19.8. The molecule has 0 heterocycles. The highest BCUT2D eigenvalue weighted by Crippen LogP contribution is 2.29. The number of hydrogen-bond acceptors (Lipinski definition) is 5. The summed E-state index contributed by atoms with van der Waals surface area (Å²) in [6.45, 7) is -3.41. The van der Waals surface area contributed by atoms with Crippen molar-refractivity contribution in [1.29, 1.82) is 0 Å². The van der Waals surface area contributed by atoms with Gasteiger partial charge in [0.15, 0.2) is 18.1 Å². The molecule has 0 saturated heterocycles. The van der Waals surface area contributed by atoms with E-state index in [0.717, 1.165) is 6.07 Å². The number of methoxy groups -OCH3 is 1. The summed E-state index contributed by atoms with van der Waals surface area (Å²) in [6, 6.07) is 10.2. The molecule has 0 spiro atoms. The van der Waals surface area contributed by atoms with Gasteiger partial charge in [-0.3, -0.25) is 20.4 Å². The van der Waals surface area contributed by atoms with Crippen molar-refractivity contribution in [2.24, 2.45) is 0 Å². The molecule has 2 amide bonds. The van der Waals surface area contributed by atoms with Crippen molar-refractivity contribution in [2.75, 3.05) is 13.7 Å². The molecule has 0 aliphatic carbocycles. The first-order valence-corrected chi connectivity index (χ1v) is 7.88. The van der Waals surface area contributed by atoms with Gasteiger partial charge in [-0.2, -0.15) is 8.78 Å². The molecule has 0 atom stereocenters. The molecule has 2 N–H and O–H groups in total. The predicted octanol–water partition coefficient (Wildman–Crippen LogP) is 2.79. The number of carbonyl (C=O) groups excluding carboxylic acids is 2. The van der Waals surface area contributed by atoms with Crippen LogP contribution in [0, 0.1) is 0 Å². The number of rotatable bonds is 7. The average Bonchev–Trinajstić information content (AvgIpc) is 2.65. The van der Waals surface area contributed by atoms with Crippen LogP contribution in [0.25, 0.3) is 0 Å². The second-order valence-corrected chi connectivity index (χ2v) is 5.37. The van der Waals surface area contributed by atoms with Gasteiger partial charge in [-0.05, 0) is 30.3 Å². The van der Waals surface area contributed by atoms with Crippen molar-refractivity contribution < 1.29 is 32.6 Å². The summed E-state index contributed by atoms with van der Waals surface area (Å²) >= 11 is 5.89. The van der Waals surface area contributed by atoms with Gasteiger partial charge in [0.25, 0.3) is 11.8 Å². The fourth-order valence-corrected chi connectivity index (χ4v) is 2.13. The van der Waals surface area contributed by atoms with Crippen molar-refractivity contribution in [2.45, 2.75) is 6.61 Å². The van der Waals surface area contributed by atoms with Gasteiger partial charge in [-0.15, -0.1) is 0 Å². The Hall–Kier alpha value is -3.07. The molecule has 0 bridgehead atoms. The van der Waals surface area contributed by atoms with E-state index in [1.165, 1.54) is 19.2 Å². The first-order chi connectivity index (χ1) is 12.9. The summed E-state index contributed by atoms with van der Waals surface area (Å²) in [4.78, 5) is 23.8. The highest BCUT2D eigenvalue weighted by Gasteiger charge is 2.15. The van der Waals surface area contributed by atoms with E-state index in [1.807, 2.05) is 0 Å². The highest BCUT2D eigenvalue weighted by molar-refractivity contribution is 6.32. The fraction of sp³-hybridized carbons (Fsp3) is 0.176. The molecular formula is C17H15ClF2N2O5. The zero-order valence-corrected chi connectivity index (χ0v) is 14.8. The van der Waals surface area contributed by atoms with E-state index in [1.54, 1.807) is 24.3 Å². The van der Waals surface area contributed by atoms with Crippen molar-refractivity contribution in [1.82, 2.24) is 10.9 Å². The number of benzene rings is 2. The Bertz CT molecular complexity index is 820. The van der Waals surface area contributed by atoms with Crippen LogP contribution in [0.3, 0.4) is 0 Å². The van der Waals surface area contributed by atoms with Gasteiger partial charge in [0.1, 0.15) is 5.75 Å². The maximum Gasteiger partial charge on any atom is 0.387 e. The van der Waals surface area contributed by atoms with Crippen LogP contribution in [0.2, 0.25) is 5.02 Å². The molecule has 0 aliphatic rings. The van der Waals surface area contributed by atoms with Gasteiger partial charge < -0.3 is 14.2 Å². The summed E-state index contributed by atoms with van der Waals surface area (Å²) in [5.41, 5.74) is 4.38. The Labute approximate surface area is 158 Å². The Morgan fingerprint density at radius 3 is 2.48 bits per heavy atom. The molecule has 10 heteroatoms. The maximum absolute atomic E-state index is 12.3. The van der Waals surface area contributed by atoms with E-state index in [0.29, 0.717) is 10.8 Å². The summed E-state index contributed by atoms with van der Waals surface area (Å²) in [5, 5.41) is 0.340. The van der Waals surface area contributed by atoms with Crippen LogP contribution in [-0.4, -0.2) is 32.1 Å². The number of hydrogen-bond donors (Lipinski definition) is 2. The van der Waals surface area contributed by atoms with Crippen molar-refractivity contribution in [3.8, 4) is 17.2 Å². The molecule has 0 aliphatic heterocycles. The molecule has 0 radical (unpaired) electrons. The van der Waals surface area contributed by atoms with Crippen LogP contribution in [0.5, 0.6) is 17.2 Å². The van der Waals surface area contributed by atoms with E-state index >= 15 is 0 Å². The summed E-state index contributed by atoms with van der Waals surface area (Å²) in [6.07, 6.45) is 0. The summed E-state index contributed by atoms with van der Waals surface area (Å²) in [5.74, 6) is -1.28. The molecule has 27 heavy (non-hydrogen) atoms. The molecule has 144 valence electrons. The Morgan fingerprint density at radius 2 is 1.81 bits per heavy atom. The second kappa shape index (κ2) is 9.58. The molecular weight excluding hydrogens is 386 g/mol. The third kappa shape index (κ3) is 6.00. The molecule has 0 aromatic heterocycles. The minimum atomic E-state index is -3.03. The van der Waals surface area contributed by atoms with Crippen LogP contribution in [0.1, 0.15) is 10.4 Å². The number of para-hydroxylation sites is 1. The average molecular weight is 401 g/mol. The van der Waals surface area contributed by atoms with E-state index < -0.39 is 18.4 Å². The van der Waals surface area contributed by atoms with E-state index in [9.17, 15) is 18.4 Å². The standard InChI is InChI=1S/C17H15ClF2N2O5/c1-25-14-8-10(6-7-13(14)27-17(19)20)16(24)22-21-15(23)9-26-12-5-3-2-4-11(12)18/h2-8,17H,9H2,1H3,(H,21,23)(H,22,24). The van der Waals surface area contributed by atoms with E-state index in [2.05, 4.69) is 15.6 Å². The van der Waals surface area contributed by atoms with Gasteiger partial charge in [0.2, 0.25) is 0 Å². The molecule has 0 fully saturated rings. The van der Waals surface area contributed by atoms with Crippen LogP contribution in [-0.2, 0) is 4.79 Å². The van der Waals surface area contributed by atoms with Crippen molar-refractivity contribution in [3.63, 3.8) is 0 Å². The number of carbonyl (C=O) groups is 2. The van der Waals surface area contributed by atoms with Gasteiger partial charge in [0, 0.05) is 5.56 Å². The quantitative estimate of drug-likeness (QED) is 0.698. The number of hydrazine groups is 1. The molecule has 7 nitrogen and oxygen atoms in total. The van der Waals surface area contributed by atoms with Crippen LogP contribution in [0.4, 0.5) is 8.78 Å². The number of ether oxygens (including phenoxy) is 3. The number of nitrogens with one attached hydrogen (secondary N) is 2. The third-order valence-corrected chi connectivity index (χ3v) is 3.46. The molecule has 2 aromatic rings. The molecule has 0 unspecified atom stereocenters. The van der Waals surface area contributed by atoms with Crippen molar-refractivity contribution >= 4 is 23.4 Å². The maximum atomic E-state index is 12.3. The number of halogens is 3. The smallest absolute Gasteiger partial charge is 0.387 e. The van der Waals surface area contributed by atoms with E-state index in [4.69, 9.17) is 21.1 Å². The lowest BCUT2D eigenvalue weighted by Gasteiger charge is -2.12.